The molecule has 0 bridgehead atoms. The molecule has 2 nitrogen and oxygen atoms in total. The van der Waals surface area contributed by atoms with Crippen LogP contribution in [0.5, 0.6) is 0 Å². The van der Waals surface area contributed by atoms with Crippen molar-refractivity contribution in [2.24, 2.45) is 0 Å². The Labute approximate surface area is 157 Å². The zero-order chi connectivity index (χ0) is 18.6. The van der Waals surface area contributed by atoms with Crippen LogP contribution in [0.25, 0.3) is 11.1 Å². The number of benzene rings is 3. The first-order valence-electron chi connectivity index (χ1n) is 8.63. The van der Waals surface area contributed by atoms with Crippen molar-refractivity contribution in [1.82, 2.24) is 0 Å². The molecule has 132 valence electrons. The van der Waals surface area contributed by atoms with Crippen molar-refractivity contribution in [3.05, 3.63) is 95.6 Å². The topological polar surface area (TPSA) is 26.3 Å². The predicted molar refractivity (Wildman–Crippen MR) is 110 cm³/mol. The van der Waals surface area contributed by atoms with E-state index in [1.807, 2.05) is 61.5 Å². The first kappa shape index (κ1) is 18.5. The van der Waals surface area contributed by atoms with E-state index in [9.17, 15) is 4.79 Å². The SMILES string of the molecule is COC(C)(C(=O)c1ccc(-c2ccc(CP)cc2)cc1)c1ccccc1. The molecule has 3 heteroatoms. The van der Waals surface area contributed by atoms with E-state index in [-0.39, 0.29) is 5.78 Å². The zero-order valence-electron chi connectivity index (χ0n) is 15.1. The fourth-order valence-corrected chi connectivity index (χ4v) is 3.29. The quantitative estimate of drug-likeness (QED) is 0.429. The lowest BCUT2D eigenvalue weighted by Gasteiger charge is -2.27. The maximum Gasteiger partial charge on any atom is 0.198 e. The fraction of sp³-hybridized carbons (Fsp3) is 0.174. The highest BCUT2D eigenvalue weighted by atomic mass is 31.0. The van der Waals surface area contributed by atoms with Gasteiger partial charge in [0.15, 0.2) is 11.4 Å². The van der Waals surface area contributed by atoms with Gasteiger partial charge in [-0.15, -0.1) is 9.24 Å². The van der Waals surface area contributed by atoms with Gasteiger partial charge in [0.25, 0.3) is 0 Å². The molecular formula is C23H23O2P. The second-order valence-corrected chi connectivity index (χ2v) is 6.82. The summed E-state index contributed by atoms with van der Waals surface area (Å²) in [5.74, 6) is -0.0453. The maximum absolute atomic E-state index is 13.1. The Balaban J connectivity index is 1.88. The number of carbonyl (C=O) groups excluding carboxylic acids is 1. The highest BCUT2D eigenvalue weighted by molar-refractivity contribution is 7.15. The minimum atomic E-state index is -0.997. The average molecular weight is 362 g/mol. The number of rotatable bonds is 6. The number of carbonyl (C=O) groups is 1. The summed E-state index contributed by atoms with van der Waals surface area (Å²) < 4.78 is 5.63. The van der Waals surface area contributed by atoms with Crippen LogP contribution in [0.15, 0.2) is 78.9 Å². The van der Waals surface area contributed by atoms with Gasteiger partial charge in [-0.1, -0.05) is 78.9 Å². The Bertz CT molecular complexity index is 870. The van der Waals surface area contributed by atoms with E-state index in [0.717, 1.165) is 22.9 Å². The number of ketones is 1. The molecule has 0 aliphatic carbocycles. The van der Waals surface area contributed by atoms with Crippen LogP contribution in [-0.4, -0.2) is 12.9 Å². The summed E-state index contributed by atoms with van der Waals surface area (Å²) in [5, 5.41) is 0. The van der Waals surface area contributed by atoms with Gasteiger partial charge in [-0.05, 0) is 35.3 Å². The largest absolute Gasteiger partial charge is 0.366 e. The molecule has 26 heavy (non-hydrogen) atoms. The van der Waals surface area contributed by atoms with Gasteiger partial charge in [-0.3, -0.25) is 4.79 Å². The molecule has 3 rings (SSSR count). The van der Waals surface area contributed by atoms with Crippen molar-refractivity contribution in [3.63, 3.8) is 0 Å². The Morgan fingerprint density at radius 2 is 1.42 bits per heavy atom. The molecular weight excluding hydrogens is 339 g/mol. The lowest BCUT2D eigenvalue weighted by molar-refractivity contribution is 0.0101. The van der Waals surface area contributed by atoms with Crippen molar-refractivity contribution >= 4 is 15.0 Å². The molecule has 0 radical (unpaired) electrons. The second-order valence-electron chi connectivity index (χ2n) is 6.41. The third kappa shape index (κ3) is 3.62. The van der Waals surface area contributed by atoms with Crippen molar-refractivity contribution < 1.29 is 9.53 Å². The van der Waals surface area contributed by atoms with Crippen LogP contribution < -0.4 is 0 Å². The van der Waals surface area contributed by atoms with Gasteiger partial charge in [0.05, 0.1) is 0 Å². The van der Waals surface area contributed by atoms with Gasteiger partial charge in [0.1, 0.15) is 0 Å². The van der Waals surface area contributed by atoms with E-state index in [1.165, 1.54) is 5.56 Å². The number of Topliss-reactive ketones (excluding diaryl/α,β-unsaturated/α-hetero) is 1. The van der Waals surface area contributed by atoms with Crippen molar-refractivity contribution in [2.45, 2.75) is 18.7 Å². The fourth-order valence-electron chi connectivity index (χ4n) is 3.02. The summed E-state index contributed by atoms with van der Waals surface area (Å²) in [6.45, 7) is 1.82. The molecule has 0 saturated heterocycles. The minimum absolute atomic E-state index is 0.0453. The van der Waals surface area contributed by atoms with E-state index < -0.39 is 5.60 Å². The van der Waals surface area contributed by atoms with E-state index in [4.69, 9.17) is 4.74 Å². The molecule has 0 amide bonds. The number of hydrogen-bond donors (Lipinski definition) is 0. The van der Waals surface area contributed by atoms with Crippen LogP contribution >= 0.6 is 9.24 Å². The summed E-state index contributed by atoms with van der Waals surface area (Å²) in [4.78, 5) is 13.1. The summed E-state index contributed by atoms with van der Waals surface area (Å²) in [5.41, 5.74) is 4.01. The molecule has 0 saturated carbocycles. The number of ether oxygens (including phenoxy) is 1. The third-order valence-electron chi connectivity index (χ3n) is 4.84. The molecule has 0 aliphatic heterocycles. The summed E-state index contributed by atoms with van der Waals surface area (Å²) in [6, 6.07) is 25.8. The van der Waals surface area contributed by atoms with Crippen molar-refractivity contribution in [3.8, 4) is 11.1 Å². The van der Waals surface area contributed by atoms with Crippen LogP contribution in [0.3, 0.4) is 0 Å². The molecule has 2 atom stereocenters. The smallest absolute Gasteiger partial charge is 0.198 e. The van der Waals surface area contributed by atoms with E-state index in [0.29, 0.717) is 5.56 Å². The summed E-state index contributed by atoms with van der Waals surface area (Å²) in [6.07, 6.45) is 0.947. The molecule has 0 fully saturated rings. The first-order chi connectivity index (χ1) is 12.6. The molecule has 3 aromatic rings. The van der Waals surface area contributed by atoms with Crippen LogP contribution in [0.4, 0.5) is 0 Å². The van der Waals surface area contributed by atoms with Crippen molar-refractivity contribution in [2.75, 3.05) is 7.11 Å². The van der Waals surface area contributed by atoms with Gasteiger partial charge in [-0.2, -0.15) is 0 Å². The zero-order valence-corrected chi connectivity index (χ0v) is 16.3. The summed E-state index contributed by atoms with van der Waals surface area (Å²) >= 11 is 0. The Kier molecular flexibility index (Phi) is 5.66. The van der Waals surface area contributed by atoms with Gasteiger partial charge in [0, 0.05) is 12.7 Å². The summed E-state index contributed by atoms with van der Waals surface area (Å²) in [7, 11) is 4.31. The van der Waals surface area contributed by atoms with E-state index >= 15 is 0 Å². The Hall–Kier alpha value is -2.28. The molecule has 0 spiro atoms. The molecule has 0 heterocycles. The van der Waals surface area contributed by atoms with Crippen LogP contribution in [0.2, 0.25) is 0 Å². The van der Waals surface area contributed by atoms with Crippen LogP contribution in [0.1, 0.15) is 28.4 Å². The lowest BCUT2D eigenvalue weighted by Crippen LogP contribution is -2.34. The Morgan fingerprint density at radius 3 is 1.92 bits per heavy atom. The lowest BCUT2D eigenvalue weighted by atomic mass is 9.87. The minimum Gasteiger partial charge on any atom is -0.366 e. The van der Waals surface area contributed by atoms with Gasteiger partial charge >= 0.3 is 0 Å². The van der Waals surface area contributed by atoms with Crippen molar-refractivity contribution in [1.29, 1.82) is 0 Å². The molecule has 0 aliphatic rings. The van der Waals surface area contributed by atoms with Gasteiger partial charge in [-0.25, -0.2) is 0 Å². The average Bonchev–Trinajstić information content (AvgIpc) is 2.73. The number of hydrogen-bond acceptors (Lipinski definition) is 2. The van der Waals surface area contributed by atoms with Gasteiger partial charge < -0.3 is 4.74 Å². The molecule has 3 aromatic carbocycles. The third-order valence-corrected chi connectivity index (χ3v) is 5.31. The molecule has 0 N–H and O–H groups in total. The maximum atomic E-state index is 13.1. The standard InChI is InChI=1S/C23H23O2P/c1-23(25-2,21-6-4-3-5-7-21)22(24)20-14-12-19(13-15-20)18-10-8-17(16-26)9-11-18/h3-15H,16,26H2,1-2H3. The highest BCUT2D eigenvalue weighted by Gasteiger charge is 2.35. The monoisotopic (exact) mass is 362 g/mol. The van der Waals surface area contributed by atoms with Crippen LogP contribution in [-0.2, 0) is 16.5 Å². The van der Waals surface area contributed by atoms with E-state index in [2.05, 4.69) is 33.5 Å². The predicted octanol–water partition coefficient (Wildman–Crippen LogP) is 5.47. The normalized spacial score (nSPS) is 13.2. The van der Waals surface area contributed by atoms with E-state index in [1.54, 1.807) is 7.11 Å². The molecule has 2 unspecified atom stereocenters. The van der Waals surface area contributed by atoms with Crippen LogP contribution in [0, 0.1) is 0 Å². The first-order valence-corrected chi connectivity index (χ1v) is 9.45. The van der Waals surface area contributed by atoms with Gasteiger partial charge in [0.2, 0.25) is 0 Å². The Morgan fingerprint density at radius 1 is 0.885 bits per heavy atom. The number of methoxy groups -OCH3 is 1. The second kappa shape index (κ2) is 7.95. The molecule has 0 aromatic heterocycles. The highest BCUT2D eigenvalue weighted by Crippen LogP contribution is 2.30.